The summed E-state index contributed by atoms with van der Waals surface area (Å²) >= 11 is 5.60. The summed E-state index contributed by atoms with van der Waals surface area (Å²) in [7, 11) is 0. The van der Waals surface area contributed by atoms with Gasteiger partial charge < -0.3 is 15.5 Å². The van der Waals surface area contributed by atoms with Gasteiger partial charge in [-0.15, -0.1) is 0 Å². The highest BCUT2D eigenvalue weighted by molar-refractivity contribution is 6.29. The maximum Gasteiger partial charge on any atom is 0.326 e. The summed E-state index contributed by atoms with van der Waals surface area (Å²) in [6.45, 7) is -0.333. The SMILES string of the molecule is O=C(N[C@@H](CCO)C(=O)O)c1cccc(Cl)n1. The molecule has 0 aliphatic heterocycles. The van der Waals surface area contributed by atoms with Crippen LogP contribution in [0, 0.1) is 0 Å². The molecular weight excluding hydrogens is 248 g/mol. The first kappa shape index (κ1) is 13.4. The Labute approximate surface area is 102 Å². The highest BCUT2D eigenvalue weighted by Crippen LogP contribution is 2.05. The van der Waals surface area contributed by atoms with Crippen LogP contribution in [-0.2, 0) is 4.79 Å². The largest absolute Gasteiger partial charge is 0.480 e. The Kier molecular flexibility index (Phi) is 4.86. The molecule has 0 spiro atoms. The van der Waals surface area contributed by atoms with Crippen LogP contribution in [0.3, 0.4) is 0 Å². The van der Waals surface area contributed by atoms with E-state index in [2.05, 4.69) is 10.3 Å². The van der Waals surface area contributed by atoms with Crippen molar-refractivity contribution in [2.24, 2.45) is 0 Å². The van der Waals surface area contributed by atoms with E-state index in [0.29, 0.717) is 0 Å². The second-order valence-corrected chi connectivity index (χ2v) is 3.61. The van der Waals surface area contributed by atoms with Crippen molar-refractivity contribution in [3.8, 4) is 0 Å². The lowest BCUT2D eigenvalue weighted by atomic mass is 10.2. The van der Waals surface area contributed by atoms with Crippen LogP contribution in [-0.4, -0.2) is 39.7 Å². The Morgan fingerprint density at radius 3 is 2.71 bits per heavy atom. The van der Waals surface area contributed by atoms with E-state index in [9.17, 15) is 9.59 Å². The number of halogens is 1. The molecule has 17 heavy (non-hydrogen) atoms. The summed E-state index contributed by atoms with van der Waals surface area (Å²) in [4.78, 5) is 26.1. The maximum absolute atomic E-state index is 11.6. The van der Waals surface area contributed by atoms with Crippen LogP contribution in [0.25, 0.3) is 0 Å². The third kappa shape index (κ3) is 4.01. The van der Waals surface area contributed by atoms with Crippen molar-refractivity contribution in [3.05, 3.63) is 29.0 Å². The number of aromatic nitrogens is 1. The van der Waals surface area contributed by atoms with E-state index in [0.717, 1.165) is 0 Å². The molecule has 0 radical (unpaired) electrons. The van der Waals surface area contributed by atoms with E-state index in [4.69, 9.17) is 21.8 Å². The maximum atomic E-state index is 11.6. The van der Waals surface area contributed by atoms with Crippen LogP contribution >= 0.6 is 11.6 Å². The number of carbonyl (C=O) groups is 2. The van der Waals surface area contributed by atoms with Gasteiger partial charge >= 0.3 is 5.97 Å². The summed E-state index contributed by atoms with van der Waals surface area (Å²) in [5.41, 5.74) is 0.0293. The topological polar surface area (TPSA) is 99.5 Å². The van der Waals surface area contributed by atoms with Crippen molar-refractivity contribution in [2.75, 3.05) is 6.61 Å². The van der Waals surface area contributed by atoms with Crippen LogP contribution in [0.15, 0.2) is 18.2 Å². The Morgan fingerprint density at radius 2 is 2.18 bits per heavy atom. The molecule has 1 rings (SSSR count). The number of carboxylic acid groups (broad SMARTS) is 1. The van der Waals surface area contributed by atoms with Gasteiger partial charge in [-0.1, -0.05) is 17.7 Å². The molecule has 0 saturated heterocycles. The lowest BCUT2D eigenvalue weighted by molar-refractivity contribution is -0.139. The van der Waals surface area contributed by atoms with E-state index in [1.54, 1.807) is 0 Å². The van der Waals surface area contributed by atoms with Gasteiger partial charge in [-0.3, -0.25) is 4.79 Å². The lowest BCUT2D eigenvalue weighted by Crippen LogP contribution is -2.41. The van der Waals surface area contributed by atoms with Crippen molar-refractivity contribution in [1.29, 1.82) is 0 Å². The van der Waals surface area contributed by atoms with Gasteiger partial charge in [0, 0.05) is 13.0 Å². The number of amides is 1. The van der Waals surface area contributed by atoms with Crippen molar-refractivity contribution in [2.45, 2.75) is 12.5 Å². The summed E-state index contributed by atoms with van der Waals surface area (Å²) in [6, 6.07) is 3.31. The number of hydrogen-bond acceptors (Lipinski definition) is 4. The molecule has 0 bridgehead atoms. The molecule has 0 fully saturated rings. The molecule has 1 aromatic heterocycles. The van der Waals surface area contributed by atoms with Crippen molar-refractivity contribution >= 4 is 23.5 Å². The number of aliphatic hydroxyl groups is 1. The molecule has 1 atom stereocenters. The Bertz CT molecular complexity index is 425. The van der Waals surface area contributed by atoms with Crippen LogP contribution in [0.5, 0.6) is 0 Å². The molecule has 1 amide bonds. The highest BCUT2D eigenvalue weighted by Gasteiger charge is 2.20. The molecule has 0 aliphatic carbocycles. The summed E-state index contributed by atoms with van der Waals surface area (Å²) in [5, 5.41) is 19.8. The van der Waals surface area contributed by atoms with Crippen molar-refractivity contribution < 1.29 is 19.8 Å². The zero-order chi connectivity index (χ0) is 12.8. The zero-order valence-electron chi connectivity index (χ0n) is 8.76. The summed E-state index contributed by atoms with van der Waals surface area (Å²) < 4.78 is 0. The van der Waals surface area contributed by atoms with Gasteiger partial charge in [0.05, 0.1) is 0 Å². The van der Waals surface area contributed by atoms with Crippen molar-refractivity contribution in [1.82, 2.24) is 10.3 Å². The van der Waals surface area contributed by atoms with E-state index in [1.807, 2.05) is 0 Å². The number of rotatable bonds is 5. The minimum absolute atomic E-state index is 0.0293. The number of aliphatic hydroxyl groups excluding tert-OH is 1. The molecule has 0 aliphatic rings. The first-order valence-electron chi connectivity index (χ1n) is 4.81. The first-order chi connectivity index (χ1) is 8.04. The fourth-order valence-electron chi connectivity index (χ4n) is 1.15. The third-order valence-corrected chi connectivity index (χ3v) is 2.18. The highest BCUT2D eigenvalue weighted by atomic mass is 35.5. The molecule has 1 aromatic rings. The third-order valence-electron chi connectivity index (χ3n) is 1.97. The van der Waals surface area contributed by atoms with Gasteiger partial charge in [0.1, 0.15) is 16.9 Å². The first-order valence-corrected chi connectivity index (χ1v) is 5.19. The van der Waals surface area contributed by atoms with Gasteiger partial charge in [0.2, 0.25) is 0 Å². The van der Waals surface area contributed by atoms with Crippen LogP contribution in [0.1, 0.15) is 16.9 Å². The van der Waals surface area contributed by atoms with Gasteiger partial charge in [0.15, 0.2) is 0 Å². The minimum atomic E-state index is -1.21. The average molecular weight is 259 g/mol. The zero-order valence-corrected chi connectivity index (χ0v) is 9.52. The number of aliphatic carboxylic acids is 1. The molecule has 7 heteroatoms. The van der Waals surface area contributed by atoms with E-state index in [1.165, 1.54) is 18.2 Å². The number of nitrogens with one attached hydrogen (secondary N) is 1. The minimum Gasteiger partial charge on any atom is -0.480 e. The Morgan fingerprint density at radius 1 is 1.47 bits per heavy atom. The summed E-state index contributed by atoms with van der Waals surface area (Å²) in [5.74, 6) is -1.86. The van der Waals surface area contributed by atoms with E-state index < -0.39 is 17.9 Å². The Balaban J connectivity index is 2.73. The molecule has 0 saturated carbocycles. The van der Waals surface area contributed by atoms with E-state index in [-0.39, 0.29) is 23.9 Å². The smallest absolute Gasteiger partial charge is 0.326 e. The molecular formula is C10H11ClN2O4. The number of carbonyl (C=O) groups excluding carboxylic acids is 1. The quantitative estimate of drug-likeness (QED) is 0.660. The average Bonchev–Trinajstić information content (AvgIpc) is 2.28. The van der Waals surface area contributed by atoms with Gasteiger partial charge in [0.25, 0.3) is 5.91 Å². The molecule has 0 unspecified atom stereocenters. The predicted molar refractivity (Wildman–Crippen MR) is 59.8 cm³/mol. The fraction of sp³-hybridized carbons (Fsp3) is 0.300. The summed E-state index contributed by atoms with van der Waals surface area (Å²) in [6.07, 6.45) is -0.0678. The van der Waals surface area contributed by atoms with Crippen molar-refractivity contribution in [3.63, 3.8) is 0 Å². The normalized spacial score (nSPS) is 11.9. The molecule has 6 nitrogen and oxygen atoms in total. The second kappa shape index (κ2) is 6.17. The lowest BCUT2D eigenvalue weighted by Gasteiger charge is -2.12. The van der Waals surface area contributed by atoms with Crippen LogP contribution < -0.4 is 5.32 Å². The Hall–Kier alpha value is -1.66. The number of hydrogen-bond donors (Lipinski definition) is 3. The second-order valence-electron chi connectivity index (χ2n) is 3.22. The van der Waals surface area contributed by atoms with Gasteiger partial charge in [-0.2, -0.15) is 0 Å². The number of nitrogens with zero attached hydrogens (tertiary/aromatic N) is 1. The molecule has 3 N–H and O–H groups in total. The molecule has 1 heterocycles. The number of carboxylic acids is 1. The van der Waals surface area contributed by atoms with Gasteiger partial charge in [-0.25, -0.2) is 9.78 Å². The van der Waals surface area contributed by atoms with Crippen LogP contribution in [0.2, 0.25) is 5.15 Å². The van der Waals surface area contributed by atoms with E-state index >= 15 is 0 Å². The fourth-order valence-corrected chi connectivity index (χ4v) is 1.32. The predicted octanol–water partition coefficient (Wildman–Crippen LogP) is 0.300. The molecule has 92 valence electrons. The number of pyridine rings is 1. The van der Waals surface area contributed by atoms with Gasteiger partial charge in [-0.05, 0) is 12.1 Å². The van der Waals surface area contributed by atoms with Crippen LogP contribution in [0.4, 0.5) is 0 Å². The monoisotopic (exact) mass is 258 g/mol. The standard InChI is InChI=1S/C10H11ClN2O4/c11-8-3-1-2-6(12-8)9(15)13-7(4-5-14)10(16)17/h1-3,7,14H,4-5H2,(H,13,15)(H,16,17)/t7-/m0/s1. The molecule has 0 aromatic carbocycles.